The molecule has 2 aromatic carbocycles. The van der Waals surface area contributed by atoms with Crippen LogP contribution in [0.4, 0.5) is 5.69 Å². The van der Waals surface area contributed by atoms with Crippen LogP contribution < -0.4 is 24.4 Å². The topological polar surface area (TPSA) is 60.8 Å². The summed E-state index contributed by atoms with van der Waals surface area (Å²) in [7, 11) is 4.97. The predicted molar refractivity (Wildman–Crippen MR) is 140 cm³/mol. The van der Waals surface area contributed by atoms with Gasteiger partial charge >= 0.3 is 0 Å². The molecule has 1 aliphatic heterocycles. The fourth-order valence-corrected chi connectivity index (χ4v) is 4.87. The summed E-state index contributed by atoms with van der Waals surface area (Å²) in [6.07, 6.45) is 3.84. The van der Waals surface area contributed by atoms with E-state index in [2.05, 4.69) is 31.9 Å². The van der Waals surface area contributed by atoms with Crippen LogP contribution in [0.2, 0.25) is 0 Å². The van der Waals surface area contributed by atoms with Crippen LogP contribution in [-0.4, -0.2) is 36.0 Å². The van der Waals surface area contributed by atoms with Crippen molar-refractivity contribution < 1.29 is 14.2 Å². The number of anilines is 1. The SMILES string of the molecule is COc1cccc(-n2cccc2[C@@H]2[C@H](c3ccccn3)NC(=S)N2c2cc(OC)ccc2OC)c1. The van der Waals surface area contributed by atoms with Crippen molar-refractivity contribution in [1.29, 1.82) is 0 Å². The maximum Gasteiger partial charge on any atom is 0.174 e. The van der Waals surface area contributed by atoms with Gasteiger partial charge in [0, 0.05) is 35.9 Å². The van der Waals surface area contributed by atoms with Crippen molar-refractivity contribution in [2.45, 2.75) is 12.1 Å². The van der Waals surface area contributed by atoms with Crippen LogP contribution in [0.25, 0.3) is 5.69 Å². The van der Waals surface area contributed by atoms with Gasteiger partial charge in [0.1, 0.15) is 23.3 Å². The lowest BCUT2D eigenvalue weighted by Gasteiger charge is -2.30. The number of hydrogen-bond acceptors (Lipinski definition) is 5. The number of pyridine rings is 1. The normalized spacial score (nSPS) is 17.2. The fraction of sp³-hybridized carbons (Fsp3) is 0.185. The molecule has 0 radical (unpaired) electrons. The summed E-state index contributed by atoms with van der Waals surface area (Å²) in [6, 6.07) is 23.3. The van der Waals surface area contributed by atoms with Crippen LogP contribution in [0.1, 0.15) is 23.5 Å². The highest BCUT2D eigenvalue weighted by Gasteiger charge is 2.43. The van der Waals surface area contributed by atoms with Crippen molar-refractivity contribution in [2.75, 3.05) is 26.2 Å². The molecular formula is C27H26N4O3S. The first-order valence-electron chi connectivity index (χ1n) is 11.2. The molecule has 1 N–H and O–H groups in total. The minimum atomic E-state index is -0.223. The molecule has 0 unspecified atom stereocenters. The predicted octanol–water partition coefficient (Wildman–Crippen LogP) is 5.08. The summed E-state index contributed by atoms with van der Waals surface area (Å²) in [5.41, 5.74) is 3.72. The van der Waals surface area contributed by atoms with Crippen molar-refractivity contribution in [3.63, 3.8) is 0 Å². The van der Waals surface area contributed by atoms with Crippen LogP contribution >= 0.6 is 12.2 Å². The van der Waals surface area contributed by atoms with Crippen molar-refractivity contribution in [1.82, 2.24) is 14.9 Å². The Kier molecular flexibility index (Phi) is 6.29. The van der Waals surface area contributed by atoms with E-state index < -0.39 is 0 Å². The largest absolute Gasteiger partial charge is 0.497 e. The molecule has 0 spiro atoms. The number of benzene rings is 2. The summed E-state index contributed by atoms with van der Waals surface area (Å²) in [5.74, 6) is 2.20. The van der Waals surface area contributed by atoms with E-state index in [-0.39, 0.29) is 12.1 Å². The number of methoxy groups -OCH3 is 3. The van der Waals surface area contributed by atoms with Crippen molar-refractivity contribution in [3.05, 3.63) is 96.6 Å². The van der Waals surface area contributed by atoms with Crippen LogP contribution in [0.15, 0.2) is 85.2 Å². The Morgan fingerprint density at radius 1 is 0.857 bits per heavy atom. The average molecular weight is 487 g/mol. The molecule has 2 atom stereocenters. The molecule has 1 aliphatic rings. The molecule has 0 aliphatic carbocycles. The summed E-state index contributed by atoms with van der Waals surface area (Å²) >= 11 is 5.90. The Bertz CT molecular complexity index is 1340. The molecule has 2 aromatic heterocycles. The highest BCUT2D eigenvalue weighted by molar-refractivity contribution is 7.80. The number of nitrogens with one attached hydrogen (secondary N) is 1. The summed E-state index contributed by atoms with van der Waals surface area (Å²) in [6.45, 7) is 0. The number of ether oxygens (including phenoxy) is 3. The molecule has 0 amide bonds. The Morgan fingerprint density at radius 3 is 2.43 bits per heavy atom. The minimum absolute atomic E-state index is 0.195. The third kappa shape index (κ3) is 4.17. The summed E-state index contributed by atoms with van der Waals surface area (Å²) in [4.78, 5) is 6.74. The van der Waals surface area contributed by atoms with Crippen molar-refractivity contribution >= 4 is 23.0 Å². The molecule has 5 rings (SSSR count). The molecule has 3 heterocycles. The zero-order valence-corrected chi connectivity index (χ0v) is 20.5. The van der Waals surface area contributed by atoms with Gasteiger partial charge in [-0.3, -0.25) is 4.98 Å². The first-order valence-corrected chi connectivity index (χ1v) is 11.6. The van der Waals surface area contributed by atoms with Crippen molar-refractivity contribution in [3.8, 4) is 22.9 Å². The average Bonchev–Trinajstić information content (AvgIpc) is 3.53. The second-order valence-corrected chi connectivity index (χ2v) is 8.43. The molecule has 1 fully saturated rings. The van der Waals surface area contributed by atoms with Gasteiger partial charge in [0.2, 0.25) is 0 Å². The quantitative estimate of drug-likeness (QED) is 0.366. The third-order valence-electron chi connectivity index (χ3n) is 6.16. The summed E-state index contributed by atoms with van der Waals surface area (Å²) < 4.78 is 18.9. The van der Waals surface area contributed by atoms with Gasteiger partial charge in [0.05, 0.1) is 38.8 Å². The van der Waals surface area contributed by atoms with E-state index in [1.165, 1.54) is 0 Å². The Balaban J connectivity index is 1.70. The molecule has 178 valence electrons. The first kappa shape index (κ1) is 22.7. The maximum atomic E-state index is 5.90. The monoisotopic (exact) mass is 486 g/mol. The second-order valence-electron chi connectivity index (χ2n) is 8.04. The number of thiocarbonyl (C=S) groups is 1. The minimum Gasteiger partial charge on any atom is -0.497 e. The molecule has 0 saturated carbocycles. The third-order valence-corrected chi connectivity index (χ3v) is 6.47. The van der Waals surface area contributed by atoms with Gasteiger partial charge in [-0.15, -0.1) is 0 Å². The van der Waals surface area contributed by atoms with E-state index in [9.17, 15) is 0 Å². The fourth-order valence-electron chi connectivity index (χ4n) is 4.53. The van der Waals surface area contributed by atoms with E-state index in [1.807, 2.05) is 66.9 Å². The lowest BCUT2D eigenvalue weighted by molar-refractivity contribution is 0.402. The molecule has 35 heavy (non-hydrogen) atoms. The Morgan fingerprint density at radius 2 is 1.69 bits per heavy atom. The lowest BCUT2D eigenvalue weighted by Crippen LogP contribution is -2.30. The van der Waals surface area contributed by atoms with E-state index in [1.54, 1.807) is 27.5 Å². The van der Waals surface area contributed by atoms with Gasteiger partial charge in [-0.05, 0) is 60.7 Å². The van der Waals surface area contributed by atoms with Gasteiger partial charge in [0.15, 0.2) is 5.11 Å². The van der Waals surface area contributed by atoms with Crippen LogP contribution in [0.3, 0.4) is 0 Å². The maximum absolute atomic E-state index is 5.90. The Labute approximate surface area is 209 Å². The van der Waals surface area contributed by atoms with Crippen LogP contribution in [-0.2, 0) is 0 Å². The number of aromatic nitrogens is 2. The zero-order valence-electron chi connectivity index (χ0n) is 19.7. The molecule has 1 saturated heterocycles. The van der Waals surface area contributed by atoms with E-state index in [0.29, 0.717) is 16.6 Å². The number of nitrogens with zero attached hydrogens (tertiary/aromatic N) is 3. The molecule has 0 bridgehead atoms. The van der Waals surface area contributed by atoms with E-state index in [0.717, 1.165) is 28.5 Å². The van der Waals surface area contributed by atoms with Crippen molar-refractivity contribution in [2.24, 2.45) is 0 Å². The highest BCUT2D eigenvalue weighted by Crippen LogP contribution is 2.46. The van der Waals surface area contributed by atoms with E-state index in [4.69, 9.17) is 26.4 Å². The number of hydrogen-bond donors (Lipinski definition) is 1. The molecule has 4 aromatic rings. The summed E-state index contributed by atoms with van der Waals surface area (Å²) in [5, 5.41) is 4.09. The van der Waals surface area contributed by atoms with Gasteiger partial charge < -0.3 is 29.0 Å². The van der Waals surface area contributed by atoms with Gasteiger partial charge in [-0.25, -0.2) is 0 Å². The Hall–Kier alpha value is -4.04. The highest BCUT2D eigenvalue weighted by atomic mass is 32.1. The standard InChI is InChI=1S/C27H26N4O3S/c1-32-19-9-6-8-18(16-19)30-15-7-11-22(30)26-25(21-10-4-5-14-28-21)29-27(35)31(26)23-17-20(33-2)12-13-24(23)34-3/h4-17,25-26H,1-3H3,(H,29,35)/t25-,26+/m0/s1. The number of rotatable bonds is 7. The van der Waals surface area contributed by atoms with E-state index >= 15 is 0 Å². The molecule has 7 nitrogen and oxygen atoms in total. The van der Waals surface area contributed by atoms with Crippen LogP contribution in [0.5, 0.6) is 17.2 Å². The van der Waals surface area contributed by atoms with Gasteiger partial charge in [-0.1, -0.05) is 12.1 Å². The smallest absolute Gasteiger partial charge is 0.174 e. The second kappa shape index (κ2) is 9.68. The van der Waals surface area contributed by atoms with Gasteiger partial charge in [0.25, 0.3) is 0 Å². The molecule has 8 heteroatoms. The zero-order chi connectivity index (χ0) is 24.4. The van der Waals surface area contributed by atoms with Gasteiger partial charge in [-0.2, -0.15) is 0 Å². The first-order chi connectivity index (χ1) is 17.1. The van der Waals surface area contributed by atoms with Crippen LogP contribution in [0, 0.1) is 0 Å². The molecular weight excluding hydrogens is 460 g/mol. The lowest BCUT2D eigenvalue weighted by atomic mass is 10.0.